The van der Waals surface area contributed by atoms with Crippen molar-refractivity contribution in [1.29, 1.82) is 0 Å². The second-order valence-electron chi connectivity index (χ2n) is 3.55. The number of rotatable bonds is 4. The zero-order chi connectivity index (χ0) is 13.9. The quantitative estimate of drug-likeness (QED) is 0.939. The van der Waals surface area contributed by atoms with Gasteiger partial charge in [0.2, 0.25) is 5.88 Å². The molecule has 19 heavy (non-hydrogen) atoms. The fourth-order valence-electron chi connectivity index (χ4n) is 1.40. The number of ether oxygens (including phenoxy) is 1. The van der Waals surface area contributed by atoms with Gasteiger partial charge in [-0.3, -0.25) is 0 Å². The van der Waals surface area contributed by atoms with E-state index in [4.69, 9.17) is 4.74 Å². The molecule has 0 aliphatic rings. The average molecular weight is 289 g/mol. The standard InChI is InChI=1S/C11H10F3N3OS/c1-18-9-7(3-2-4-15-9)5-16-10-17-6-8(19-10)11(12,13)14/h2-4,6H,5H2,1H3,(H,16,17). The monoisotopic (exact) mass is 289 g/mol. The van der Waals surface area contributed by atoms with E-state index in [2.05, 4.69) is 15.3 Å². The third kappa shape index (κ3) is 3.34. The van der Waals surface area contributed by atoms with E-state index in [1.807, 2.05) is 0 Å². The van der Waals surface area contributed by atoms with Crippen LogP contribution in [0.4, 0.5) is 18.3 Å². The maximum Gasteiger partial charge on any atom is 0.427 e. The Hall–Kier alpha value is -1.83. The first kappa shape index (κ1) is 13.6. The van der Waals surface area contributed by atoms with Gasteiger partial charge in [-0.05, 0) is 6.07 Å². The molecule has 8 heteroatoms. The number of methoxy groups -OCH3 is 1. The zero-order valence-electron chi connectivity index (χ0n) is 9.86. The lowest BCUT2D eigenvalue weighted by Crippen LogP contribution is -2.02. The van der Waals surface area contributed by atoms with E-state index in [1.165, 1.54) is 7.11 Å². The maximum absolute atomic E-state index is 12.4. The summed E-state index contributed by atoms with van der Waals surface area (Å²) >= 11 is 0.564. The highest BCUT2D eigenvalue weighted by Crippen LogP contribution is 2.35. The highest BCUT2D eigenvalue weighted by Gasteiger charge is 2.33. The van der Waals surface area contributed by atoms with Crippen molar-refractivity contribution in [3.63, 3.8) is 0 Å². The molecule has 2 rings (SSSR count). The number of halogens is 3. The van der Waals surface area contributed by atoms with Crippen LogP contribution in [0.1, 0.15) is 10.4 Å². The summed E-state index contributed by atoms with van der Waals surface area (Å²) in [6, 6.07) is 3.50. The summed E-state index contributed by atoms with van der Waals surface area (Å²) in [6.07, 6.45) is -1.97. The van der Waals surface area contributed by atoms with Gasteiger partial charge in [0, 0.05) is 18.3 Å². The van der Waals surface area contributed by atoms with Crippen LogP contribution in [0.3, 0.4) is 0 Å². The lowest BCUT2D eigenvalue weighted by atomic mass is 10.3. The van der Waals surface area contributed by atoms with Crippen molar-refractivity contribution in [3.8, 4) is 5.88 Å². The number of thiazole rings is 1. The Bertz CT molecular complexity index is 556. The molecule has 2 heterocycles. The smallest absolute Gasteiger partial charge is 0.427 e. The number of hydrogen-bond donors (Lipinski definition) is 1. The molecule has 0 saturated carbocycles. The van der Waals surface area contributed by atoms with E-state index in [0.717, 1.165) is 11.8 Å². The van der Waals surface area contributed by atoms with Gasteiger partial charge in [0.05, 0.1) is 13.3 Å². The predicted octanol–water partition coefficient (Wildman–Crippen LogP) is 3.18. The highest BCUT2D eigenvalue weighted by atomic mass is 32.1. The lowest BCUT2D eigenvalue weighted by molar-refractivity contribution is -0.134. The van der Waals surface area contributed by atoms with Crippen molar-refractivity contribution < 1.29 is 17.9 Å². The van der Waals surface area contributed by atoms with E-state index in [0.29, 0.717) is 23.8 Å². The van der Waals surface area contributed by atoms with Crippen LogP contribution in [-0.2, 0) is 12.7 Å². The Kier molecular flexibility index (Phi) is 3.89. The third-order valence-corrected chi connectivity index (χ3v) is 3.26. The van der Waals surface area contributed by atoms with Crippen LogP contribution in [0.15, 0.2) is 24.5 Å². The second-order valence-corrected chi connectivity index (χ2v) is 4.58. The van der Waals surface area contributed by atoms with Gasteiger partial charge in [-0.1, -0.05) is 17.4 Å². The summed E-state index contributed by atoms with van der Waals surface area (Å²) in [5, 5.41) is 3.02. The second kappa shape index (κ2) is 5.43. The molecule has 0 amide bonds. The normalized spacial score (nSPS) is 11.4. The lowest BCUT2D eigenvalue weighted by Gasteiger charge is -2.07. The minimum absolute atomic E-state index is 0.207. The summed E-state index contributed by atoms with van der Waals surface area (Å²) in [4.78, 5) is 6.95. The van der Waals surface area contributed by atoms with Crippen molar-refractivity contribution in [2.45, 2.75) is 12.7 Å². The molecule has 0 aliphatic carbocycles. The zero-order valence-corrected chi connectivity index (χ0v) is 10.7. The van der Waals surface area contributed by atoms with Crippen LogP contribution in [0, 0.1) is 0 Å². The summed E-state index contributed by atoms with van der Waals surface area (Å²) in [5.74, 6) is 0.433. The number of anilines is 1. The summed E-state index contributed by atoms with van der Waals surface area (Å²) < 4.78 is 42.2. The van der Waals surface area contributed by atoms with Crippen LogP contribution in [0.2, 0.25) is 0 Å². The summed E-state index contributed by atoms with van der Waals surface area (Å²) in [5.41, 5.74) is 0.744. The first-order valence-corrected chi connectivity index (χ1v) is 6.07. The van der Waals surface area contributed by atoms with Crippen LogP contribution in [0.25, 0.3) is 0 Å². The predicted molar refractivity (Wildman–Crippen MR) is 65.2 cm³/mol. The Morgan fingerprint density at radius 1 is 1.37 bits per heavy atom. The average Bonchev–Trinajstić information content (AvgIpc) is 2.85. The minimum Gasteiger partial charge on any atom is -0.481 e. The number of aromatic nitrogens is 2. The van der Waals surface area contributed by atoms with Gasteiger partial charge in [-0.25, -0.2) is 9.97 Å². The number of hydrogen-bond acceptors (Lipinski definition) is 5. The summed E-state index contributed by atoms with van der Waals surface area (Å²) in [6.45, 7) is 0.293. The highest BCUT2D eigenvalue weighted by molar-refractivity contribution is 7.15. The van der Waals surface area contributed by atoms with Crippen LogP contribution in [-0.4, -0.2) is 17.1 Å². The van der Waals surface area contributed by atoms with Crippen molar-refractivity contribution in [1.82, 2.24) is 9.97 Å². The molecule has 4 nitrogen and oxygen atoms in total. The molecule has 0 saturated heterocycles. The fraction of sp³-hybridized carbons (Fsp3) is 0.273. The van der Waals surface area contributed by atoms with E-state index < -0.39 is 11.1 Å². The fourth-order valence-corrected chi connectivity index (χ4v) is 2.08. The van der Waals surface area contributed by atoms with Gasteiger partial charge in [0.15, 0.2) is 5.13 Å². The van der Waals surface area contributed by atoms with E-state index in [9.17, 15) is 13.2 Å². The number of nitrogens with one attached hydrogen (secondary N) is 1. The van der Waals surface area contributed by atoms with E-state index in [-0.39, 0.29) is 5.13 Å². The number of nitrogens with zero attached hydrogens (tertiary/aromatic N) is 2. The molecule has 1 N–H and O–H groups in total. The Morgan fingerprint density at radius 3 is 2.79 bits per heavy atom. The van der Waals surface area contributed by atoms with E-state index >= 15 is 0 Å². The maximum atomic E-state index is 12.4. The van der Waals surface area contributed by atoms with Gasteiger partial charge in [-0.2, -0.15) is 13.2 Å². The number of pyridine rings is 1. The van der Waals surface area contributed by atoms with Crippen molar-refractivity contribution in [3.05, 3.63) is 35.0 Å². The molecule has 102 valence electrons. The largest absolute Gasteiger partial charge is 0.481 e. The molecular formula is C11H10F3N3OS. The molecule has 0 spiro atoms. The molecule has 0 atom stereocenters. The van der Waals surface area contributed by atoms with Gasteiger partial charge in [0.25, 0.3) is 0 Å². The molecule has 0 unspecified atom stereocenters. The first-order valence-electron chi connectivity index (χ1n) is 5.25. The Morgan fingerprint density at radius 2 is 2.16 bits per heavy atom. The molecule has 0 fully saturated rings. The summed E-state index contributed by atoms with van der Waals surface area (Å²) in [7, 11) is 1.48. The molecular weight excluding hydrogens is 279 g/mol. The topological polar surface area (TPSA) is 47.0 Å². The van der Waals surface area contributed by atoms with E-state index in [1.54, 1.807) is 18.3 Å². The van der Waals surface area contributed by atoms with Crippen molar-refractivity contribution in [2.24, 2.45) is 0 Å². The SMILES string of the molecule is COc1ncccc1CNc1ncc(C(F)(F)F)s1. The van der Waals surface area contributed by atoms with Gasteiger partial charge in [-0.15, -0.1) is 0 Å². The molecule has 0 bridgehead atoms. The van der Waals surface area contributed by atoms with Gasteiger partial charge < -0.3 is 10.1 Å². The minimum atomic E-state index is -4.36. The molecule has 2 aromatic heterocycles. The first-order chi connectivity index (χ1) is 9.00. The molecule has 0 radical (unpaired) electrons. The van der Waals surface area contributed by atoms with Crippen molar-refractivity contribution in [2.75, 3.05) is 12.4 Å². The van der Waals surface area contributed by atoms with Crippen LogP contribution >= 0.6 is 11.3 Å². The van der Waals surface area contributed by atoms with Crippen LogP contribution in [0.5, 0.6) is 5.88 Å². The van der Waals surface area contributed by atoms with Gasteiger partial charge in [0.1, 0.15) is 4.88 Å². The Labute approximate surface area is 111 Å². The molecule has 0 aromatic carbocycles. The van der Waals surface area contributed by atoms with Crippen molar-refractivity contribution >= 4 is 16.5 Å². The molecule has 0 aliphatic heterocycles. The molecule has 2 aromatic rings. The Balaban J connectivity index is 2.05. The van der Waals surface area contributed by atoms with Crippen LogP contribution < -0.4 is 10.1 Å². The van der Waals surface area contributed by atoms with Gasteiger partial charge >= 0.3 is 6.18 Å². The number of alkyl halides is 3. The third-order valence-electron chi connectivity index (χ3n) is 2.26.